The summed E-state index contributed by atoms with van der Waals surface area (Å²) in [6, 6.07) is -0.325. The summed E-state index contributed by atoms with van der Waals surface area (Å²) in [4.78, 5) is 39.1. The highest BCUT2D eigenvalue weighted by Gasteiger charge is 2.54. The Morgan fingerprint density at radius 1 is 1.33 bits per heavy atom. The fraction of sp³-hybridized carbons (Fsp3) is 0.304. The van der Waals surface area contributed by atoms with E-state index in [4.69, 9.17) is 4.52 Å². The van der Waals surface area contributed by atoms with Gasteiger partial charge < -0.3 is 25.0 Å². The van der Waals surface area contributed by atoms with E-state index in [2.05, 4.69) is 36.1 Å². The minimum absolute atomic E-state index is 0.0428. The van der Waals surface area contributed by atoms with Crippen LogP contribution in [0.15, 0.2) is 53.9 Å². The van der Waals surface area contributed by atoms with Crippen LogP contribution in [-0.4, -0.2) is 66.0 Å². The van der Waals surface area contributed by atoms with Crippen molar-refractivity contribution in [2.75, 3.05) is 17.7 Å². The molecule has 0 saturated heterocycles. The molecule has 2 aliphatic rings. The molecule has 0 radical (unpaired) electrons. The lowest BCUT2D eigenvalue weighted by molar-refractivity contribution is -0.142. The predicted octanol–water partition coefficient (Wildman–Crippen LogP) is 2.29. The van der Waals surface area contributed by atoms with Crippen LogP contribution in [0.1, 0.15) is 34.7 Å². The molecular formula is C23H22F3N9O4. The number of dihydropyridines is 1. The van der Waals surface area contributed by atoms with Gasteiger partial charge in [-0.3, -0.25) is 19.8 Å². The van der Waals surface area contributed by atoms with Crippen LogP contribution in [0, 0.1) is 0 Å². The molecule has 0 bridgehead atoms. The van der Waals surface area contributed by atoms with Gasteiger partial charge in [-0.2, -0.15) is 13.2 Å². The van der Waals surface area contributed by atoms with E-state index in [9.17, 15) is 28.0 Å². The maximum absolute atomic E-state index is 13.4. The zero-order valence-corrected chi connectivity index (χ0v) is 20.3. The summed E-state index contributed by atoms with van der Waals surface area (Å²) >= 11 is 0. The lowest BCUT2D eigenvalue weighted by atomic mass is 10.1. The van der Waals surface area contributed by atoms with E-state index in [0.717, 1.165) is 6.08 Å². The second-order valence-electron chi connectivity index (χ2n) is 8.84. The zero-order chi connectivity index (χ0) is 27.8. The van der Waals surface area contributed by atoms with Crippen molar-refractivity contribution >= 4 is 29.0 Å². The van der Waals surface area contributed by atoms with Gasteiger partial charge in [0, 0.05) is 24.9 Å². The van der Waals surface area contributed by atoms with Crippen LogP contribution in [0.2, 0.25) is 0 Å². The monoisotopic (exact) mass is 545 g/mol. The number of hydrogen-bond acceptors (Lipinski definition) is 10. The molecule has 0 spiro atoms. The maximum Gasteiger partial charge on any atom is 0.412 e. The summed E-state index contributed by atoms with van der Waals surface area (Å²) in [7, 11) is 1.55. The Hall–Kier alpha value is -4.73. The van der Waals surface area contributed by atoms with Crippen molar-refractivity contribution in [2.45, 2.75) is 37.1 Å². The average Bonchev–Trinajstić information content (AvgIpc) is 3.35. The highest BCUT2D eigenvalue weighted by Crippen LogP contribution is 2.46. The van der Waals surface area contributed by atoms with Gasteiger partial charge in [-0.15, -0.1) is 0 Å². The molecule has 13 nitrogen and oxygen atoms in total. The molecule has 4 N–H and O–H groups in total. The smallest absolute Gasteiger partial charge is 0.376 e. The molecule has 5 rings (SSSR count). The maximum atomic E-state index is 13.4. The molecule has 1 unspecified atom stereocenters. The zero-order valence-electron chi connectivity index (χ0n) is 20.3. The first-order chi connectivity index (χ1) is 18.6. The van der Waals surface area contributed by atoms with Crippen molar-refractivity contribution in [3.63, 3.8) is 0 Å². The predicted molar refractivity (Wildman–Crippen MR) is 128 cm³/mol. The standard InChI is InChI=1S/C23H22F3N9O4/c1-27-19-18(20(36)35(38)11-14-4-7-39-33-14)34(12-30-19)22(5-6-22)21(37)32-17-10-28-9-15(31-17)13-2-3-16(29-8-13)23(24,25)26/h2-4,7-10,12,16,27,29,38H,5-6,11H2,1H3,(H,31,32,37). The van der Waals surface area contributed by atoms with Gasteiger partial charge in [-0.1, -0.05) is 17.3 Å². The fourth-order valence-corrected chi connectivity index (χ4v) is 4.07. The van der Waals surface area contributed by atoms with Crippen LogP contribution < -0.4 is 16.0 Å². The molecule has 204 valence electrons. The third-order valence-electron chi connectivity index (χ3n) is 6.26. The minimum Gasteiger partial charge on any atom is -0.376 e. The van der Waals surface area contributed by atoms with E-state index in [1.54, 1.807) is 7.05 Å². The van der Waals surface area contributed by atoms with Gasteiger partial charge >= 0.3 is 6.18 Å². The second-order valence-corrected chi connectivity index (χ2v) is 8.84. The average molecular weight is 545 g/mol. The van der Waals surface area contributed by atoms with Crippen LogP contribution in [-0.2, 0) is 16.9 Å². The van der Waals surface area contributed by atoms with E-state index < -0.39 is 29.6 Å². The molecule has 1 saturated carbocycles. The summed E-state index contributed by atoms with van der Waals surface area (Å²) < 4.78 is 44.8. The third kappa shape index (κ3) is 5.05. The Morgan fingerprint density at radius 2 is 2.13 bits per heavy atom. The molecule has 2 amide bonds. The summed E-state index contributed by atoms with van der Waals surface area (Å²) in [5.41, 5.74) is -0.338. The van der Waals surface area contributed by atoms with Crippen LogP contribution in [0.25, 0.3) is 5.57 Å². The number of imidazole rings is 1. The molecule has 39 heavy (non-hydrogen) atoms. The van der Waals surface area contributed by atoms with Crippen LogP contribution in [0.4, 0.5) is 24.8 Å². The number of rotatable bonds is 8. The number of nitrogens with zero attached hydrogens (tertiary/aromatic N) is 6. The van der Waals surface area contributed by atoms with E-state index >= 15 is 0 Å². The third-order valence-corrected chi connectivity index (χ3v) is 6.26. The number of nitrogens with one attached hydrogen (secondary N) is 3. The minimum atomic E-state index is -4.44. The Kier molecular flexibility index (Phi) is 6.55. The first kappa shape index (κ1) is 25.9. The van der Waals surface area contributed by atoms with E-state index in [0.29, 0.717) is 29.2 Å². The Balaban J connectivity index is 1.35. The van der Waals surface area contributed by atoms with Crippen LogP contribution in [0.5, 0.6) is 0 Å². The number of allylic oxidation sites excluding steroid dienone is 2. The Labute approximate surface area is 218 Å². The lowest BCUT2D eigenvalue weighted by Gasteiger charge is -2.22. The molecule has 1 atom stereocenters. The van der Waals surface area contributed by atoms with Crippen molar-refractivity contribution in [1.82, 2.24) is 35.1 Å². The van der Waals surface area contributed by atoms with E-state index in [-0.39, 0.29) is 29.6 Å². The highest BCUT2D eigenvalue weighted by molar-refractivity contribution is 6.01. The number of aromatic nitrogens is 5. The van der Waals surface area contributed by atoms with Gasteiger partial charge in [-0.25, -0.2) is 15.0 Å². The highest BCUT2D eigenvalue weighted by atomic mass is 19.4. The molecule has 0 aromatic carbocycles. The number of amides is 2. The molecule has 1 aliphatic carbocycles. The normalized spacial score (nSPS) is 17.7. The van der Waals surface area contributed by atoms with Crippen molar-refractivity contribution in [1.29, 1.82) is 0 Å². The number of halogens is 3. The molecule has 3 aromatic rings. The van der Waals surface area contributed by atoms with Crippen LogP contribution in [0.3, 0.4) is 0 Å². The summed E-state index contributed by atoms with van der Waals surface area (Å²) in [6.45, 7) is -0.256. The van der Waals surface area contributed by atoms with Crippen molar-refractivity contribution in [3.05, 3.63) is 66.5 Å². The molecule has 1 aliphatic heterocycles. The van der Waals surface area contributed by atoms with Gasteiger partial charge in [-0.05, 0) is 12.8 Å². The molecular weight excluding hydrogens is 523 g/mol. The number of hydroxylamine groups is 2. The van der Waals surface area contributed by atoms with Crippen molar-refractivity contribution in [3.8, 4) is 0 Å². The van der Waals surface area contributed by atoms with Crippen molar-refractivity contribution < 1.29 is 32.5 Å². The lowest BCUT2D eigenvalue weighted by Crippen LogP contribution is -2.39. The number of anilines is 2. The topological polar surface area (TPSA) is 163 Å². The number of carbonyl (C=O) groups is 2. The van der Waals surface area contributed by atoms with Crippen molar-refractivity contribution in [2.24, 2.45) is 0 Å². The first-order valence-corrected chi connectivity index (χ1v) is 11.6. The second kappa shape index (κ2) is 9.86. The number of hydrogen-bond donors (Lipinski definition) is 4. The van der Waals surface area contributed by atoms with Gasteiger partial charge in [0.15, 0.2) is 17.3 Å². The molecule has 1 fully saturated rings. The van der Waals surface area contributed by atoms with E-state index in [1.807, 2.05) is 0 Å². The van der Waals surface area contributed by atoms with Gasteiger partial charge in [0.25, 0.3) is 11.8 Å². The SMILES string of the molecule is CNc1ncn(C2(C(=O)Nc3cncc(C4=CNC(C(F)(F)F)C=C4)n3)CC2)c1C(=O)N(O)Cc1ccon1. The van der Waals surface area contributed by atoms with Gasteiger partial charge in [0.05, 0.1) is 31.0 Å². The first-order valence-electron chi connectivity index (χ1n) is 11.6. The molecule has 4 heterocycles. The number of alkyl halides is 3. The van der Waals surface area contributed by atoms with E-state index in [1.165, 1.54) is 47.9 Å². The van der Waals surface area contributed by atoms with Crippen LogP contribution >= 0.6 is 0 Å². The Morgan fingerprint density at radius 3 is 2.74 bits per heavy atom. The van der Waals surface area contributed by atoms with Gasteiger partial charge in [0.2, 0.25) is 0 Å². The summed E-state index contributed by atoms with van der Waals surface area (Å²) in [6.07, 6.45) is 5.00. The summed E-state index contributed by atoms with van der Waals surface area (Å²) in [5.74, 6) is -1.11. The molecule has 3 aromatic heterocycles. The molecule has 16 heteroatoms. The van der Waals surface area contributed by atoms with Gasteiger partial charge in [0.1, 0.15) is 23.5 Å². The number of carbonyl (C=O) groups excluding carboxylic acids is 2. The largest absolute Gasteiger partial charge is 0.412 e. The fourth-order valence-electron chi connectivity index (χ4n) is 4.07. The summed E-state index contributed by atoms with van der Waals surface area (Å²) in [5, 5.41) is 22.2. The quantitative estimate of drug-likeness (QED) is 0.244. The Bertz CT molecular complexity index is 1450.